The first-order valence-electron chi connectivity index (χ1n) is 16.5. The van der Waals surface area contributed by atoms with Crippen LogP contribution in [-0.4, -0.2) is 31.4 Å². The Morgan fingerprint density at radius 1 is 0.400 bits per heavy atom. The first-order chi connectivity index (χ1) is 17.1. The van der Waals surface area contributed by atoms with Gasteiger partial charge in [0, 0.05) is 0 Å². The van der Waals surface area contributed by atoms with Gasteiger partial charge >= 0.3 is 229 Å². The van der Waals surface area contributed by atoms with Crippen molar-refractivity contribution in [2.75, 3.05) is 0 Å². The van der Waals surface area contributed by atoms with Gasteiger partial charge in [-0.3, -0.25) is 0 Å². The van der Waals surface area contributed by atoms with Crippen LogP contribution >= 0.6 is 0 Å². The quantitative estimate of drug-likeness (QED) is 0.0654. The molecule has 2 atom stereocenters. The molecule has 0 saturated heterocycles. The van der Waals surface area contributed by atoms with Gasteiger partial charge in [0.15, 0.2) is 0 Å². The summed E-state index contributed by atoms with van der Waals surface area (Å²) in [5, 5.41) is 0. The van der Waals surface area contributed by atoms with E-state index in [9.17, 15) is 0 Å². The molecular weight excluding hydrogens is 535 g/mol. The molecule has 212 valence electrons. The Bertz CT molecular complexity index is 376. The summed E-state index contributed by atoms with van der Waals surface area (Å²) in [5.41, 5.74) is 0. The molecule has 0 rings (SSSR count). The van der Waals surface area contributed by atoms with Crippen molar-refractivity contribution in [2.45, 2.75) is 204 Å². The summed E-state index contributed by atoms with van der Waals surface area (Å²) in [6, 6.07) is 0. The molecule has 2 unspecified atom stereocenters. The summed E-state index contributed by atoms with van der Waals surface area (Å²) >= 11 is -3.17. The molecule has 0 spiro atoms. The van der Waals surface area contributed by atoms with Crippen molar-refractivity contribution in [1.82, 2.24) is 0 Å². The first kappa shape index (κ1) is 35.7. The van der Waals surface area contributed by atoms with E-state index < -0.39 is 19.2 Å². The Balaban J connectivity index is 5.41. The van der Waals surface area contributed by atoms with Crippen molar-refractivity contribution in [3.05, 3.63) is 0 Å². The van der Waals surface area contributed by atoms with Crippen molar-refractivity contribution < 1.29 is 6.15 Å². The third kappa shape index (κ3) is 20.4. The van der Waals surface area contributed by atoms with Crippen molar-refractivity contribution in [3.63, 3.8) is 0 Å². The monoisotopic (exact) mass is 604 g/mol. The average Bonchev–Trinajstić information content (AvgIpc) is 2.87. The molecule has 0 bridgehead atoms. The van der Waals surface area contributed by atoms with Crippen LogP contribution in [0.5, 0.6) is 0 Å². The minimum absolute atomic E-state index is 0.436. The van der Waals surface area contributed by atoms with E-state index in [4.69, 9.17) is 6.15 Å². The predicted molar refractivity (Wildman–Crippen MR) is 161 cm³/mol. The van der Waals surface area contributed by atoms with Crippen LogP contribution in [-0.2, 0) is 6.15 Å². The number of hydrogen-bond acceptors (Lipinski definition) is 2. The molecule has 0 aromatic rings. The molecule has 35 heavy (non-hydrogen) atoms. The Morgan fingerprint density at radius 3 is 1.06 bits per heavy atom. The fourth-order valence-electron chi connectivity index (χ4n) is 5.28. The topological polar surface area (TPSA) is 18.5 Å². The van der Waals surface area contributed by atoms with E-state index in [2.05, 4.69) is 41.5 Å². The molecule has 0 N–H and O–H groups in total. The van der Waals surface area contributed by atoms with Crippen LogP contribution in [0.3, 0.4) is 0 Å². The normalized spacial score (nSPS) is 13.9. The van der Waals surface area contributed by atoms with Crippen LogP contribution in [0.15, 0.2) is 0 Å². The zero-order valence-corrected chi connectivity index (χ0v) is 28.3. The molecule has 2 nitrogen and oxygen atoms in total. The summed E-state index contributed by atoms with van der Waals surface area (Å²) in [7, 11) is 0. The maximum absolute atomic E-state index is 7.32. The fourth-order valence-corrected chi connectivity index (χ4v) is 17.1. The zero-order valence-electron chi connectivity index (χ0n) is 25.4. The van der Waals surface area contributed by atoms with Crippen LogP contribution in [0.1, 0.15) is 183 Å². The van der Waals surface area contributed by atoms with Crippen LogP contribution in [0.25, 0.3) is 0 Å². The van der Waals surface area contributed by atoms with Gasteiger partial charge in [-0.2, -0.15) is 0 Å². The number of rotatable bonds is 28. The second-order valence-electron chi connectivity index (χ2n) is 11.2. The van der Waals surface area contributed by atoms with E-state index in [0.717, 1.165) is 12.8 Å². The van der Waals surface area contributed by atoms with Crippen LogP contribution < -0.4 is 0 Å². The van der Waals surface area contributed by atoms with E-state index in [1.807, 2.05) is 0 Å². The van der Waals surface area contributed by atoms with Gasteiger partial charge in [-0.1, -0.05) is 0 Å². The Hall–Kier alpha value is 0.719. The van der Waals surface area contributed by atoms with Crippen LogP contribution in [0.4, 0.5) is 0 Å². The molecule has 0 aromatic heterocycles. The molecule has 0 amide bonds. The summed E-state index contributed by atoms with van der Waals surface area (Å²) in [4.78, 5) is 0. The molecule has 0 aliphatic carbocycles. The van der Waals surface area contributed by atoms with Gasteiger partial charge in [-0.15, -0.1) is 0 Å². The minimum atomic E-state index is -3.17. The van der Waals surface area contributed by atoms with E-state index in [1.54, 1.807) is 0 Å². The van der Waals surface area contributed by atoms with E-state index in [1.165, 1.54) is 137 Å². The second kappa shape index (κ2) is 26.3. The predicted octanol–water partition coefficient (Wildman–Crippen LogP) is 11.9. The number of unbranched alkanes of at least 4 members (excludes halogenated alkanes) is 14. The summed E-state index contributed by atoms with van der Waals surface area (Å²) in [6.07, 6.45) is 30.1. The van der Waals surface area contributed by atoms with Crippen molar-refractivity contribution in [2.24, 2.45) is 0 Å². The van der Waals surface area contributed by atoms with Gasteiger partial charge < -0.3 is 0 Å². The Kier molecular flexibility index (Phi) is 26.9. The molecule has 0 saturated carbocycles. The Morgan fingerprint density at radius 2 is 0.714 bits per heavy atom. The van der Waals surface area contributed by atoms with E-state index in [-0.39, 0.29) is 0 Å². The van der Waals surface area contributed by atoms with Gasteiger partial charge in [0.05, 0.1) is 0 Å². The van der Waals surface area contributed by atoms with Gasteiger partial charge in [-0.25, -0.2) is 0 Å². The molecule has 0 heterocycles. The number of hydrogen-bond donors (Lipinski definition) is 0. The van der Waals surface area contributed by atoms with Crippen molar-refractivity contribution in [3.8, 4) is 0 Å². The molecule has 3 heteroatoms. The molecular formula is C32H68O2Sn. The molecule has 0 radical (unpaired) electrons. The fraction of sp³-hybridized carbons (Fsp3) is 1.00. The molecule has 0 aliphatic rings. The van der Waals surface area contributed by atoms with Crippen LogP contribution in [0, 0.1) is 0 Å². The summed E-state index contributed by atoms with van der Waals surface area (Å²) in [5.74, 6) is 0. The second-order valence-corrected chi connectivity index (χ2v) is 20.6. The summed E-state index contributed by atoms with van der Waals surface area (Å²) in [6.45, 7) is 14.0. The van der Waals surface area contributed by atoms with Crippen LogP contribution in [0.2, 0.25) is 8.87 Å². The van der Waals surface area contributed by atoms with E-state index >= 15 is 0 Å². The SMILES string of the molecule is CCCCCCC[CH2][Sn]([CH2]CCCCCCC)([O]C(CC)CCCCC)[O]C(CC)CCCCC. The van der Waals surface area contributed by atoms with Gasteiger partial charge in [0.1, 0.15) is 0 Å². The van der Waals surface area contributed by atoms with Crippen molar-refractivity contribution >= 4 is 19.2 Å². The Labute approximate surface area is 228 Å². The molecule has 0 aliphatic heterocycles. The first-order valence-corrected chi connectivity index (χ1v) is 22.8. The maximum atomic E-state index is 7.32. The molecule has 0 fully saturated rings. The van der Waals surface area contributed by atoms with Gasteiger partial charge in [0.2, 0.25) is 0 Å². The third-order valence-electron chi connectivity index (χ3n) is 7.76. The van der Waals surface area contributed by atoms with E-state index in [0.29, 0.717) is 12.2 Å². The third-order valence-corrected chi connectivity index (χ3v) is 18.5. The summed E-state index contributed by atoms with van der Waals surface area (Å²) < 4.78 is 17.2. The molecule has 0 aromatic carbocycles. The van der Waals surface area contributed by atoms with Gasteiger partial charge in [-0.05, 0) is 0 Å². The van der Waals surface area contributed by atoms with Gasteiger partial charge in [0.25, 0.3) is 0 Å². The standard InChI is InChI=1S/2C8H17O.2C8H17.Sn/c2*1-3-5-6-7-8(9)4-2;2*1-3-5-7-8-6-4-2;/h2*8H,3-7H2,1-2H3;2*1,3-8H2,2H3;/q2*-1;;;+2. The average molecular weight is 604 g/mol. The zero-order chi connectivity index (χ0) is 26.0. The van der Waals surface area contributed by atoms with Crippen molar-refractivity contribution in [1.29, 1.82) is 0 Å².